The molecule has 0 bridgehead atoms. The van der Waals surface area contributed by atoms with E-state index in [1.165, 1.54) is 6.39 Å². The standard InChI is InChI=1S/C20H21N3O4/c1-25-16-7-5-15(6-8-16)22-9-3-10-23(12-11-22)20(24)18-19(27-14-21-18)17-4-2-13-26-17/h2,4-8,13-14H,3,9-12H2,1H3. The molecule has 2 aromatic heterocycles. The molecule has 140 valence electrons. The quantitative estimate of drug-likeness (QED) is 0.705. The van der Waals surface area contributed by atoms with Gasteiger partial charge in [0.1, 0.15) is 5.75 Å². The van der Waals surface area contributed by atoms with Crippen LogP contribution in [0.5, 0.6) is 5.75 Å². The fraction of sp³-hybridized carbons (Fsp3) is 0.300. The Bertz CT molecular complexity index is 886. The van der Waals surface area contributed by atoms with E-state index in [1.54, 1.807) is 25.5 Å². The second-order valence-corrected chi connectivity index (χ2v) is 6.34. The van der Waals surface area contributed by atoms with Gasteiger partial charge in [-0.3, -0.25) is 4.79 Å². The molecule has 0 aliphatic carbocycles. The molecule has 1 amide bonds. The second kappa shape index (κ2) is 7.57. The zero-order valence-corrected chi connectivity index (χ0v) is 15.1. The van der Waals surface area contributed by atoms with Crippen LogP contribution in [0.4, 0.5) is 5.69 Å². The maximum atomic E-state index is 13.0. The number of hydrogen-bond acceptors (Lipinski definition) is 6. The Hall–Kier alpha value is -3.22. The van der Waals surface area contributed by atoms with Crippen LogP contribution in [0.1, 0.15) is 16.9 Å². The van der Waals surface area contributed by atoms with E-state index >= 15 is 0 Å². The number of carbonyl (C=O) groups excluding carboxylic acids is 1. The number of nitrogens with zero attached hydrogens (tertiary/aromatic N) is 3. The zero-order valence-electron chi connectivity index (χ0n) is 15.1. The number of amides is 1. The first kappa shape index (κ1) is 17.2. The lowest BCUT2D eigenvalue weighted by Gasteiger charge is -2.23. The van der Waals surface area contributed by atoms with Gasteiger partial charge in [-0.05, 0) is 42.8 Å². The van der Waals surface area contributed by atoms with Gasteiger partial charge < -0.3 is 23.4 Å². The smallest absolute Gasteiger partial charge is 0.276 e. The Kier molecular flexibility index (Phi) is 4.82. The van der Waals surface area contributed by atoms with E-state index in [0.29, 0.717) is 30.3 Å². The van der Waals surface area contributed by atoms with Crippen LogP contribution < -0.4 is 9.64 Å². The average Bonchev–Trinajstić information content (AvgIpc) is 3.34. The highest BCUT2D eigenvalue weighted by Gasteiger charge is 2.26. The number of oxazole rings is 1. The van der Waals surface area contributed by atoms with E-state index in [2.05, 4.69) is 9.88 Å². The lowest BCUT2D eigenvalue weighted by molar-refractivity contribution is 0.0762. The number of benzene rings is 1. The van der Waals surface area contributed by atoms with Gasteiger partial charge in [-0.2, -0.15) is 0 Å². The third-order valence-electron chi connectivity index (χ3n) is 4.74. The average molecular weight is 367 g/mol. The summed E-state index contributed by atoms with van der Waals surface area (Å²) >= 11 is 0. The first-order valence-corrected chi connectivity index (χ1v) is 8.92. The van der Waals surface area contributed by atoms with Crippen molar-refractivity contribution in [3.63, 3.8) is 0 Å². The van der Waals surface area contributed by atoms with Crippen molar-refractivity contribution in [2.24, 2.45) is 0 Å². The Labute approximate surface area is 157 Å². The largest absolute Gasteiger partial charge is 0.497 e. The van der Waals surface area contributed by atoms with E-state index in [1.807, 2.05) is 29.2 Å². The molecule has 3 heterocycles. The van der Waals surface area contributed by atoms with E-state index in [0.717, 1.165) is 30.9 Å². The van der Waals surface area contributed by atoms with Crippen LogP contribution in [0, 0.1) is 0 Å². The fourth-order valence-corrected chi connectivity index (χ4v) is 3.30. The SMILES string of the molecule is COc1ccc(N2CCCN(C(=O)c3ncoc3-c3ccco3)CC2)cc1. The highest BCUT2D eigenvalue weighted by molar-refractivity contribution is 5.97. The van der Waals surface area contributed by atoms with Crippen LogP contribution in [-0.4, -0.2) is 49.1 Å². The molecule has 3 aromatic rings. The van der Waals surface area contributed by atoms with Gasteiger partial charge in [0.25, 0.3) is 5.91 Å². The van der Waals surface area contributed by atoms with Crippen molar-refractivity contribution >= 4 is 11.6 Å². The molecule has 4 rings (SSSR count). The van der Waals surface area contributed by atoms with E-state index in [-0.39, 0.29) is 5.91 Å². The van der Waals surface area contributed by atoms with Crippen LogP contribution in [0.25, 0.3) is 11.5 Å². The summed E-state index contributed by atoms with van der Waals surface area (Å²) in [6.07, 6.45) is 3.71. The minimum Gasteiger partial charge on any atom is -0.497 e. The summed E-state index contributed by atoms with van der Waals surface area (Å²) in [6, 6.07) is 11.5. The predicted molar refractivity (Wildman–Crippen MR) is 99.9 cm³/mol. The van der Waals surface area contributed by atoms with Crippen molar-refractivity contribution in [2.75, 3.05) is 38.2 Å². The fourth-order valence-electron chi connectivity index (χ4n) is 3.30. The molecule has 1 aromatic carbocycles. The monoisotopic (exact) mass is 367 g/mol. The highest BCUT2D eigenvalue weighted by atomic mass is 16.5. The van der Waals surface area contributed by atoms with Crippen LogP contribution in [0.3, 0.4) is 0 Å². The second-order valence-electron chi connectivity index (χ2n) is 6.34. The summed E-state index contributed by atoms with van der Waals surface area (Å²) in [5.41, 5.74) is 1.42. The van der Waals surface area contributed by atoms with Crippen molar-refractivity contribution in [3.05, 3.63) is 54.7 Å². The molecule has 0 N–H and O–H groups in total. The van der Waals surface area contributed by atoms with Crippen molar-refractivity contribution in [1.29, 1.82) is 0 Å². The minimum absolute atomic E-state index is 0.133. The third kappa shape index (κ3) is 3.53. The summed E-state index contributed by atoms with van der Waals surface area (Å²) in [7, 11) is 1.66. The van der Waals surface area contributed by atoms with Gasteiger partial charge in [-0.15, -0.1) is 0 Å². The normalized spacial score (nSPS) is 14.9. The van der Waals surface area contributed by atoms with Crippen molar-refractivity contribution < 1.29 is 18.4 Å². The molecule has 0 unspecified atom stereocenters. The van der Waals surface area contributed by atoms with E-state index in [4.69, 9.17) is 13.6 Å². The molecule has 1 aliphatic heterocycles. The van der Waals surface area contributed by atoms with Crippen LogP contribution >= 0.6 is 0 Å². The van der Waals surface area contributed by atoms with Gasteiger partial charge >= 0.3 is 0 Å². The lowest BCUT2D eigenvalue weighted by Crippen LogP contribution is -2.35. The molecule has 1 aliphatic rings. The number of furan rings is 1. The number of rotatable bonds is 4. The number of carbonyl (C=O) groups is 1. The summed E-state index contributed by atoms with van der Waals surface area (Å²) in [4.78, 5) is 21.2. The Morgan fingerprint density at radius 3 is 2.67 bits per heavy atom. The molecular formula is C20H21N3O4. The van der Waals surface area contributed by atoms with Crippen molar-refractivity contribution in [3.8, 4) is 17.3 Å². The van der Waals surface area contributed by atoms with Crippen molar-refractivity contribution in [1.82, 2.24) is 9.88 Å². The molecule has 0 atom stereocenters. The lowest BCUT2D eigenvalue weighted by atomic mass is 10.2. The number of methoxy groups -OCH3 is 1. The maximum Gasteiger partial charge on any atom is 0.276 e. The van der Waals surface area contributed by atoms with Gasteiger partial charge in [0.05, 0.1) is 13.4 Å². The first-order chi connectivity index (χ1) is 13.3. The molecule has 7 heteroatoms. The summed E-state index contributed by atoms with van der Waals surface area (Å²) in [5, 5.41) is 0. The number of ether oxygens (including phenoxy) is 1. The van der Waals surface area contributed by atoms with Crippen LogP contribution in [-0.2, 0) is 0 Å². The molecule has 0 spiro atoms. The molecule has 0 saturated carbocycles. The highest BCUT2D eigenvalue weighted by Crippen LogP contribution is 2.25. The Morgan fingerprint density at radius 1 is 1.07 bits per heavy atom. The summed E-state index contributed by atoms with van der Waals surface area (Å²) in [5.74, 6) is 1.58. The number of anilines is 1. The maximum absolute atomic E-state index is 13.0. The van der Waals surface area contributed by atoms with Gasteiger partial charge in [0, 0.05) is 31.9 Å². The molecule has 1 fully saturated rings. The Balaban J connectivity index is 1.47. The van der Waals surface area contributed by atoms with Gasteiger partial charge in [0.15, 0.2) is 17.8 Å². The molecular weight excluding hydrogens is 346 g/mol. The molecule has 7 nitrogen and oxygen atoms in total. The first-order valence-electron chi connectivity index (χ1n) is 8.92. The number of hydrogen-bond donors (Lipinski definition) is 0. The molecule has 27 heavy (non-hydrogen) atoms. The van der Waals surface area contributed by atoms with Gasteiger partial charge in [0.2, 0.25) is 5.76 Å². The topological polar surface area (TPSA) is 72.0 Å². The Morgan fingerprint density at radius 2 is 1.93 bits per heavy atom. The summed E-state index contributed by atoms with van der Waals surface area (Å²) in [6.45, 7) is 2.94. The zero-order chi connectivity index (χ0) is 18.6. The molecule has 0 radical (unpaired) electrons. The minimum atomic E-state index is -0.133. The predicted octanol–water partition coefficient (Wildman–Crippen LogP) is 3.30. The van der Waals surface area contributed by atoms with Gasteiger partial charge in [-0.25, -0.2) is 4.98 Å². The van der Waals surface area contributed by atoms with Gasteiger partial charge in [-0.1, -0.05) is 0 Å². The van der Waals surface area contributed by atoms with Crippen LogP contribution in [0.15, 0.2) is 57.9 Å². The summed E-state index contributed by atoms with van der Waals surface area (Å²) < 4.78 is 16.0. The molecule has 1 saturated heterocycles. The van der Waals surface area contributed by atoms with E-state index in [9.17, 15) is 4.79 Å². The van der Waals surface area contributed by atoms with Crippen molar-refractivity contribution in [2.45, 2.75) is 6.42 Å². The number of aromatic nitrogens is 1. The third-order valence-corrected chi connectivity index (χ3v) is 4.74. The van der Waals surface area contributed by atoms with Crippen LogP contribution in [0.2, 0.25) is 0 Å². The van der Waals surface area contributed by atoms with E-state index < -0.39 is 0 Å².